The van der Waals surface area contributed by atoms with Crippen LogP contribution in [0.2, 0.25) is 0 Å². The smallest absolute Gasteiger partial charge is 0.233 e. The Morgan fingerprint density at radius 3 is 2.81 bits per heavy atom. The minimum Gasteiger partial charge on any atom is -0.354 e. The minimum atomic E-state index is -0.0581. The Balaban J connectivity index is 2.45. The summed E-state index contributed by atoms with van der Waals surface area (Å²) in [7, 11) is 2.17. The molecule has 1 saturated heterocycles. The van der Waals surface area contributed by atoms with E-state index in [2.05, 4.69) is 31.1 Å². The lowest BCUT2D eigenvalue weighted by atomic mass is 9.74. The van der Waals surface area contributed by atoms with Gasteiger partial charge in [0.2, 0.25) is 5.91 Å². The zero-order valence-corrected chi connectivity index (χ0v) is 10.8. The fourth-order valence-electron chi connectivity index (χ4n) is 2.35. The third kappa shape index (κ3) is 3.76. The third-order valence-electron chi connectivity index (χ3n) is 3.66. The van der Waals surface area contributed by atoms with Gasteiger partial charge in [-0.25, -0.2) is 0 Å². The van der Waals surface area contributed by atoms with E-state index in [-0.39, 0.29) is 17.9 Å². The van der Waals surface area contributed by atoms with Crippen molar-refractivity contribution < 1.29 is 4.79 Å². The summed E-state index contributed by atoms with van der Waals surface area (Å²) in [6.45, 7) is 7.59. The molecule has 0 radical (unpaired) electrons. The molecule has 1 aliphatic heterocycles. The van der Waals surface area contributed by atoms with Gasteiger partial charge in [0.25, 0.3) is 0 Å². The van der Waals surface area contributed by atoms with Crippen LogP contribution in [0.4, 0.5) is 0 Å². The number of hydrogen-bond acceptors (Lipinski definition) is 3. The summed E-state index contributed by atoms with van der Waals surface area (Å²) in [4.78, 5) is 13.5. The standard InChI is InChI=1S/C12H25N3O/c1-12(2,9-14-11(16)7-13)10-5-4-6-15(3)8-10/h10H,4-9,13H2,1-3H3,(H,14,16). The Morgan fingerprint density at radius 1 is 1.56 bits per heavy atom. The van der Waals surface area contributed by atoms with Crippen LogP contribution in [0.25, 0.3) is 0 Å². The second-order valence-corrected chi connectivity index (χ2v) is 5.57. The van der Waals surface area contributed by atoms with Crippen LogP contribution in [0.15, 0.2) is 0 Å². The van der Waals surface area contributed by atoms with Crippen LogP contribution in [0.3, 0.4) is 0 Å². The molecule has 1 amide bonds. The van der Waals surface area contributed by atoms with E-state index in [1.165, 1.54) is 19.4 Å². The SMILES string of the molecule is CN1CCCC(C(C)(C)CNC(=O)CN)C1. The number of piperidine rings is 1. The molecular weight excluding hydrogens is 202 g/mol. The topological polar surface area (TPSA) is 58.4 Å². The predicted molar refractivity (Wildman–Crippen MR) is 66.1 cm³/mol. The maximum absolute atomic E-state index is 11.2. The molecule has 0 saturated carbocycles. The van der Waals surface area contributed by atoms with Crippen LogP contribution in [0.5, 0.6) is 0 Å². The summed E-state index contributed by atoms with van der Waals surface area (Å²) in [5, 5.41) is 2.90. The van der Waals surface area contributed by atoms with Gasteiger partial charge < -0.3 is 16.0 Å². The van der Waals surface area contributed by atoms with Gasteiger partial charge in [-0.2, -0.15) is 0 Å². The molecule has 3 N–H and O–H groups in total. The van der Waals surface area contributed by atoms with Crippen molar-refractivity contribution in [3.63, 3.8) is 0 Å². The summed E-state index contributed by atoms with van der Waals surface area (Å²) in [6.07, 6.45) is 2.52. The molecule has 1 aliphatic rings. The molecule has 0 aromatic carbocycles. The molecule has 4 heteroatoms. The lowest BCUT2D eigenvalue weighted by Crippen LogP contribution is -2.46. The summed E-state index contributed by atoms with van der Waals surface area (Å²) in [5.74, 6) is 0.599. The van der Waals surface area contributed by atoms with Gasteiger partial charge in [0.05, 0.1) is 6.54 Å². The fourth-order valence-corrected chi connectivity index (χ4v) is 2.35. The van der Waals surface area contributed by atoms with Crippen LogP contribution in [-0.4, -0.2) is 44.0 Å². The van der Waals surface area contributed by atoms with Crippen molar-refractivity contribution >= 4 is 5.91 Å². The van der Waals surface area contributed by atoms with Gasteiger partial charge in [0.1, 0.15) is 0 Å². The van der Waals surface area contributed by atoms with E-state index in [4.69, 9.17) is 5.73 Å². The second-order valence-electron chi connectivity index (χ2n) is 5.57. The van der Waals surface area contributed by atoms with Gasteiger partial charge in [-0.3, -0.25) is 4.79 Å². The maximum atomic E-state index is 11.2. The normalized spacial score (nSPS) is 23.1. The first-order chi connectivity index (χ1) is 7.45. The summed E-state index contributed by atoms with van der Waals surface area (Å²) < 4.78 is 0. The van der Waals surface area contributed by atoms with Crippen molar-refractivity contribution in [2.24, 2.45) is 17.1 Å². The quantitative estimate of drug-likeness (QED) is 0.732. The van der Waals surface area contributed by atoms with Gasteiger partial charge in [-0.05, 0) is 37.8 Å². The van der Waals surface area contributed by atoms with Crippen molar-refractivity contribution in [1.29, 1.82) is 0 Å². The largest absolute Gasteiger partial charge is 0.354 e. The highest BCUT2D eigenvalue weighted by Crippen LogP contribution is 2.32. The van der Waals surface area contributed by atoms with E-state index in [1.54, 1.807) is 0 Å². The maximum Gasteiger partial charge on any atom is 0.233 e. The highest BCUT2D eigenvalue weighted by molar-refractivity contribution is 5.77. The molecule has 0 bridgehead atoms. The number of carbonyl (C=O) groups excluding carboxylic acids is 1. The number of nitrogens with two attached hydrogens (primary N) is 1. The van der Waals surface area contributed by atoms with Crippen molar-refractivity contribution in [2.75, 3.05) is 33.2 Å². The first kappa shape index (κ1) is 13.5. The second kappa shape index (κ2) is 5.64. The fraction of sp³-hybridized carbons (Fsp3) is 0.917. The molecule has 0 aliphatic carbocycles. The lowest BCUT2D eigenvalue weighted by molar-refractivity contribution is -0.120. The molecule has 0 spiro atoms. The summed E-state index contributed by atoms with van der Waals surface area (Å²) >= 11 is 0. The molecule has 1 heterocycles. The lowest BCUT2D eigenvalue weighted by Gasteiger charge is -2.40. The molecule has 0 aromatic heterocycles. The Labute approximate surface area is 98.6 Å². The number of carbonyl (C=O) groups is 1. The summed E-state index contributed by atoms with van der Waals surface area (Å²) in [6, 6.07) is 0. The molecule has 1 atom stereocenters. The Kier molecular flexibility index (Phi) is 4.74. The number of nitrogens with one attached hydrogen (secondary N) is 1. The number of amides is 1. The monoisotopic (exact) mass is 227 g/mol. The van der Waals surface area contributed by atoms with Gasteiger partial charge in [-0.15, -0.1) is 0 Å². The highest BCUT2D eigenvalue weighted by Gasteiger charge is 2.32. The minimum absolute atomic E-state index is 0.0581. The Bertz CT molecular complexity index is 240. The number of likely N-dealkylation sites (tertiary alicyclic amines) is 1. The number of hydrogen-bond donors (Lipinski definition) is 2. The first-order valence-corrected chi connectivity index (χ1v) is 6.11. The predicted octanol–water partition coefficient (Wildman–Crippen LogP) is 0.429. The Hall–Kier alpha value is -0.610. The van der Waals surface area contributed by atoms with Gasteiger partial charge in [-0.1, -0.05) is 13.8 Å². The Morgan fingerprint density at radius 2 is 2.25 bits per heavy atom. The molecule has 4 nitrogen and oxygen atoms in total. The van der Waals surface area contributed by atoms with Crippen molar-refractivity contribution in [1.82, 2.24) is 10.2 Å². The van der Waals surface area contributed by atoms with Gasteiger partial charge in [0, 0.05) is 13.1 Å². The van der Waals surface area contributed by atoms with Crippen LogP contribution in [0, 0.1) is 11.3 Å². The number of nitrogens with zero attached hydrogens (tertiary/aromatic N) is 1. The molecule has 1 rings (SSSR count). The van der Waals surface area contributed by atoms with E-state index in [0.717, 1.165) is 13.1 Å². The van der Waals surface area contributed by atoms with E-state index in [1.807, 2.05) is 0 Å². The average Bonchev–Trinajstić information content (AvgIpc) is 2.26. The van der Waals surface area contributed by atoms with E-state index in [0.29, 0.717) is 5.92 Å². The average molecular weight is 227 g/mol. The summed E-state index contributed by atoms with van der Waals surface area (Å²) in [5.41, 5.74) is 5.43. The number of rotatable bonds is 4. The van der Waals surface area contributed by atoms with Crippen LogP contribution in [0.1, 0.15) is 26.7 Å². The molecule has 16 heavy (non-hydrogen) atoms. The molecule has 1 fully saturated rings. The van der Waals surface area contributed by atoms with Crippen molar-refractivity contribution in [3.05, 3.63) is 0 Å². The van der Waals surface area contributed by atoms with Crippen LogP contribution in [-0.2, 0) is 4.79 Å². The highest BCUT2D eigenvalue weighted by atomic mass is 16.1. The van der Waals surface area contributed by atoms with Crippen molar-refractivity contribution in [3.8, 4) is 0 Å². The van der Waals surface area contributed by atoms with E-state index >= 15 is 0 Å². The van der Waals surface area contributed by atoms with E-state index in [9.17, 15) is 4.79 Å². The van der Waals surface area contributed by atoms with Crippen LogP contribution < -0.4 is 11.1 Å². The molecule has 0 aromatic rings. The van der Waals surface area contributed by atoms with Crippen LogP contribution >= 0.6 is 0 Å². The van der Waals surface area contributed by atoms with Gasteiger partial charge >= 0.3 is 0 Å². The van der Waals surface area contributed by atoms with E-state index < -0.39 is 0 Å². The molecule has 94 valence electrons. The molecular formula is C12H25N3O. The third-order valence-corrected chi connectivity index (χ3v) is 3.66. The van der Waals surface area contributed by atoms with Gasteiger partial charge in [0.15, 0.2) is 0 Å². The zero-order chi connectivity index (χ0) is 12.2. The van der Waals surface area contributed by atoms with Crippen molar-refractivity contribution in [2.45, 2.75) is 26.7 Å². The first-order valence-electron chi connectivity index (χ1n) is 6.11. The zero-order valence-electron chi connectivity index (χ0n) is 10.8. The molecule has 1 unspecified atom stereocenters.